The second-order valence-electron chi connectivity index (χ2n) is 10.2. The van der Waals surface area contributed by atoms with Gasteiger partial charge < -0.3 is 9.64 Å². The van der Waals surface area contributed by atoms with E-state index in [9.17, 15) is 9.59 Å². The topological polar surface area (TPSA) is 64.4 Å². The number of hydrogen-bond acceptors (Lipinski definition) is 4. The fraction of sp³-hybridized carbons (Fsp3) is 0.300. The zero-order valence-electron chi connectivity index (χ0n) is 22.0. The Kier molecular flexibility index (Phi) is 6.72. The van der Waals surface area contributed by atoms with Crippen LogP contribution in [0.5, 0.6) is 5.75 Å². The summed E-state index contributed by atoms with van der Waals surface area (Å²) in [5.74, 6) is 1.04. The van der Waals surface area contributed by atoms with Gasteiger partial charge in [-0.15, -0.1) is 0 Å². The van der Waals surface area contributed by atoms with Crippen LogP contribution in [0.4, 0.5) is 0 Å². The van der Waals surface area contributed by atoms with Crippen LogP contribution in [-0.2, 0) is 5.41 Å². The molecule has 0 saturated heterocycles. The molecule has 4 aromatic rings. The van der Waals surface area contributed by atoms with Gasteiger partial charge in [0.2, 0.25) is 0 Å². The number of benzene rings is 3. The van der Waals surface area contributed by atoms with E-state index in [4.69, 9.17) is 9.72 Å². The molecule has 0 bridgehead atoms. The zero-order chi connectivity index (χ0) is 26.2. The molecule has 1 amide bonds. The number of rotatable bonds is 5. The predicted molar refractivity (Wildman–Crippen MR) is 144 cm³/mol. The number of aromatic nitrogens is 2. The Morgan fingerprint density at radius 1 is 1.00 bits per heavy atom. The fourth-order valence-corrected chi connectivity index (χ4v) is 4.24. The summed E-state index contributed by atoms with van der Waals surface area (Å²) in [6.07, 6.45) is 0. The average Bonchev–Trinajstić information content (AvgIpc) is 2.87. The van der Waals surface area contributed by atoms with Crippen LogP contribution in [0.25, 0.3) is 16.6 Å². The molecule has 1 unspecified atom stereocenters. The maximum Gasteiger partial charge on any atom is 0.266 e. The van der Waals surface area contributed by atoms with Gasteiger partial charge in [0.1, 0.15) is 11.6 Å². The second kappa shape index (κ2) is 9.61. The Morgan fingerprint density at radius 3 is 2.22 bits per heavy atom. The molecule has 0 aliphatic rings. The first-order chi connectivity index (χ1) is 17.0. The Morgan fingerprint density at radius 2 is 1.64 bits per heavy atom. The molecule has 0 aliphatic carbocycles. The highest BCUT2D eigenvalue weighted by Gasteiger charge is 2.25. The Bertz CT molecular complexity index is 1460. The summed E-state index contributed by atoms with van der Waals surface area (Å²) in [5, 5.41) is 0.536. The van der Waals surface area contributed by atoms with Crippen molar-refractivity contribution in [3.8, 4) is 11.4 Å². The smallest absolute Gasteiger partial charge is 0.266 e. The lowest BCUT2D eigenvalue weighted by molar-refractivity contribution is 0.0735. The fourth-order valence-electron chi connectivity index (χ4n) is 4.24. The van der Waals surface area contributed by atoms with E-state index in [1.807, 2.05) is 80.6 Å². The summed E-state index contributed by atoms with van der Waals surface area (Å²) in [4.78, 5) is 33.7. The predicted octanol–water partition coefficient (Wildman–Crippen LogP) is 5.83. The first-order valence-corrected chi connectivity index (χ1v) is 12.1. The van der Waals surface area contributed by atoms with Crippen LogP contribution in [0, 0.1) is 6.92 Å². The number of carbonyl (C=O) groups is 1. The van der Waals surface area contributed by atoms with E-state index in [1.165, 1.54) is 0 Å². The van der Waals surface area contributed by atoms with Crippen molar-refractivity contribution < 1.29 is 9.53 Å². The van der Waals surface area contributed by atoms with Crippen molar-refractivity contribution in [2.75, 3.05) is 14.2 Å². The maximum absolute atomic E-state index is 13.7. The molecule has 6 heteroatoms. The number of hydrogen-bond donors (Lipinski definition) is 0. The Labute approximate surface area is 212 Å². The molecule has 1 atom stereocenters. The summed E-state index contributed by atoms with van der Waals surface area (Å²) in [6, 6.07) is 20.2. The molecule has 0 aliphatic heterocycles. The van der Waals surface area contributed by atoms with Crippen molar-refractivity contribution in [3.63, 3.8) is 0 Å². The Balaban J connectivity index is 1.81. The van der Waals surface area contributed by atoms with Crippen molar-refractivity contribution in [3.05, 3.63) is 99.6 Å². The number of amides is 1. The summed E-state index contributed by atoms with van der Waals surface area (Å²) in [5.41, 5.74) is 3.83. The van der Waals surface area contributed by atoms with Crippen molar-refractivity contribution >= 4 is 16.8 Å². The normalized spacial score (nSPS) is 12.4. The molecule has 4 rings (SSSR count). The van der Waals surface area contributed by atoms with E-state index >= 15 is 0 Å². The highest BCUT2D eigenvalue weighted by molar-refractivity contribution is 5.94. The van der Waals surface area contributed by atoms with Gasteiger partial charge in [0.05, 0.1) is 29.7 Å². The van der Waals surface area contributed by atoms with Crippen LogP contribution in [0.1, 0.15) is 61.0 Å². The number of fused-ring (bicyclic) bond motifs is 1. The quantitative estimate of drug-likeness (QED) is 0.358. The Hall–Kier alpha value is -3.93. The summed E-state index contributed by atoms with van der Waals surface area (Å²) in [6.45, 7) is 10.3. The van der Waals surface area contributed by atoms with Gasteiger partial charge >= 0.3 is 0 Å². The molecule has 0 N–H and O–H groups in total. The van der Waals surface area contributed by atoms with Crippen LogP contribution in [0.15, 0.2) is 71.5 Å². The van der Waals surface area contributed by atoms with E-state index in [1.54, 1.807) is 23.6 Å². The summed E-state index contributed by atoms with van der Waals surface area (Å²) >= 11 is 0. The summed E-state index contributed by atoms with van der Waals surface area (Å²) in [7, 11) is 3.35. The van der Waals surface area contributed by atoms with Crippen LogP contribution >= 0.6 is 0 Å². The molecule has 36 heavy (non-hydrogen) atoms. The van der Waals surface area contributed by atoms with E-state index in [-0.39, 0.29) is 16.9 Å². The number of aryl methyl sites for hydroxylation is 1. The molecule has 6 nitrogen and oxygen atoms in total. The molecular formula is C30H33N3O3. The molecule has 186 valence electrons. The van der Waals surface area contributed by atoms with Gasteiger partial charge in [0, 0.05) is 12.6 Å². The van der Waals surface area contributed by atoms with Crippen molar-refractivity contribution in [1.29, 1.82) is 0 Å². The monoisotopic (exact) mass is 483 g/mol. The lowest BCUT2D eigenvalue weighted by atomic mass is 9.86. The highest BCUT2D eigenvalue weighted by atomic mass is 16.5. The van der Waals surface area contributed by atoms with Gasteiger partial charge in [-0.05, 0) is 73.4 Å². The van der Waals surface area contributed by atoms with Crippen LogP contribution < -0.4 is 10.3 Å². The minimum Gasteiger partial charge on any atom is -0.497 e. The standard InChI is InChI=1S/C30H33N3O3/c1-19-8-17-26-25(18-19)29(35)33(23-13-15-24(36-7)16-14-23)27(31-26)20(2)32(6)28(34)21-9-11-22(12-10-21)30(3,4)5/h8-18,20H,1-7H3. The SMILES string of the molecule is COc1ccc(-n2c(C(C)N(C)C(=O)c3ccc(C(C)(C)C)cc3)nc3ccc(C)cc3c2=O)cc1. The number of methoxy groups -OCH3 is 1. The molecule has 0 spiro atoms. The first kappa shape index (κ1) is 25.2. The third kappa shape index (κ3) is 4.76. The molecule has 3 aromatic carbocycles. The van der Waals surface area contributed by atoms with Crippen LogP contribution in [0.2, 0.25) is 0 Å². The van der Waals surface area contributed by atoms with Crippen molar-refractivity contribution in [2.24, 2.45) is 0 Å². The van der Waals surface area contributed by atoms with Gasteiger partial charge in [-0.25, -0.2) is 4.98 Å². The van der Waals surface area contributed by atoms with Gasteiger partial charge in [0.25, 0.3) is 11.5 Å². The molecular weight excluding hydrogens is 450 g/mol. The molecule has 0 saturated carbocycles. The minimum absolute atomic E-state index is 0.00255. The summed E-state index contributed by atoms with van der Waals surface area (Å²) < 4.78 is 6.89. The lowest BCUT2D eigenvalue weighted by Crippen LogP contribution is -2.35. The number of nitrogens with zero attached hydrogens (tertiary/aromatic N) is 3. The highest BCUT2D eigenvalue weighted by Crippen LogP contribution is 2.26. The largest absolute Gasteiger partial charge is 0.497 e. The molecule has 1 aromatic heterocycles. The third-order valence-corrected chi connectivity index (χ3v) is 6.65. The molecule has 1 heterocycles. The first-order valence-electron chi connectivity index (χ1n) is 12.1. The number of ether oxygens (including phenoxy) is 1. The van der Waals surface area contributed by atoms with E-state index < -0.39 is 6.04 Å². The number of carbonyl (C=O) groups excluding carboxylic acids is 1. The third-order valence-electron chi connectivity index (χ3n) is 6.65. The minimum atomic E-state index is -0.472. The zero-order valence-corrected chi connectivity index (χ0v) is 22.0. The van der Waals surface area contributed by atoms with Gasteiger partial charge in [-0.2, -0.15) is 0 Å². The average molecular weight is 484 g/mol. The second-order valence-corrected chi connectivity index (χ2v) is 10.2. The van der Waals surface area contributed by atoms with Crippen molar-refractivity contribution in [1.82, 2.24) is 14.5 Å². The lowest BCUT2D eigenvalue weighted by Gasteiger charge is -2.27. The molecule has 0 radical (unpaired) electrons. The van der Waals surface area contributed by atoms with Gasteiger partial charge in [-0.1, -0.05) is 44.5 Å². The van der Waals surface area contributed by atoms with Crippen LogP contribution in [-0.4, -0.2) is 34.5 Å². The van der Waals surface area contributed by atoms with Gasteiger partial charge in [-0.3, -0.25) is 14.2 Å². The molecule has 0 fully saturated rings. The van der Waals surface area contributed by atoms with E-state index in [0.717, 1.165) is 11.1 Å². The van der Waals surface area contributed by atoms with Gasteiger partial charge in [0.15, 0.2) is 0 Å². The van der Waals surface area contributed by atoms with E-state index in [2.05, 4.69) is 20.8 Å². The maximum atomic E-state index is 13.7. The van der Waals surface area contributed by atoms with Crippen LogP contribution in [0.3, 0.4) is 0 Å². The van der Waals surface area contributed by atoms with E-state index in [0.29, 0.717) is 33.7 Å². The van der Waals surface area contributed by atoms with Crippen molar-refractivity contribution in [2.45, 2.75) is 46.1 Å².